The van der Waals surface area contributed by atoms with Crippen LogP contribution in [0.25, 0.3) is 0 Å². The van der Waals surface area contributed by atoms with Crippen LogP contribution in [0.2, 0.25) is 0 Å². The minimum atomic E-state index is -0.908. The molecule has 0 aromatic heterocycles. The fourth-order valence-corrected chi connectivity index (χ4v) is 4.59. The van der Waals surface area contributed by atoms with Crippen molar-refractivity contribution >= 4 is 5.91 Å². The third-order valence-electron chi connectivity index (χ3n) is 5.97. The highest BCUT2D eigenvalue weighted by Crippen LogP contribution is 2.31. The summed E-state index contributed by atoms with van der Waals surface area (Å²) in [5.41, 5.74) is 4.33. The number of carbonyl (C=O) groups is 1. The number of aliphatic hydroxyl groups is 1. The van der Waals surface area contributed by atoms with E-state index in [2.05, 4.69) is 42.7 Å². The minimum Gasteiger partial charge on any atom is -0.390 e. The Kier molecular flexibility index (Phi) is 8.38. The van der Waals surface area contributed by atoms with Gasteiger partial charge in [-0.15, -0.1) is 0 Å². The number of halogens is 2. The van der Waals surface area contributed by atoms with Crippen LogP contribution in [0.15, 0.2) is 36.4 Å². The van der Waals surface area contributed by atoms with Gasteiger partial charge in [0, 0.05) is 25.6 Å². The van der Waals surface area contributed by atoms with Crippen LogP contribution < -0.4 is 10.6 Å². The van der Waals surface area contributed by atoms with Crippen LogP contribution >= 0.6 is 0 Å². The van der Waals surface area contributed by atoms with Gasteiger partial charge in [-0.1, -0.05) is 32.0 Å². The van der Waals surface area contributed by atoms with E-state index < -0.39 is 23.8 Å². The maximum absolute atomic E-state index is 13.6. The molecule has 1 aliphatic rings. The van der Waals surface area contributed by atoms with Crippen LogP contribution in [-0.2, 0) is 24.1 Å². The summed E-state index contributed by atoms with van der Waals surface area (Å²) in [5.74, 6) is -1.07. The van der Waals surface area contributed by atoms with Gasteiger partial charge in [-0.05, 0) is 72.4 Å². The van der Waals surface area contributed by atoms with Crippen molar-refractivity contribution in [3.63, 3.8) is 0 Å². The largest absolute Gasteiger partial charge is 0.390 e. The first-order chi connectivity index (χ1) is 15.2. The summed E-state index contributed by atoms with van der Waals surface area (Å²) in [7, 11) is 0. The van der Waals surface area contributed by atoms with E-state index >= 15 is 0 Å². The zero-order chi connectivity index (χ0) is 23.3. The van der Waals surface area contributed by atoms with Crippen LogP contribution in [-0.4, -0.2) is 29.7 Å². The second-order valence-corrected chi connectivity index (χ2v) is 9.34. The van der Waals surface area contributed by atoms with Gasteiger partial charge in [-0.3, -0.25) is 4.79 Å². The lowest BCUT2D eigenvalue weighted by atomic mass is 9.85. The number of aliphatic hydroxyl groups excluding tert-OH is 1. The maximum atomic E-state index is 13.6. The van der Waals surface area contributed by atoms with Gasteiger partial charge in [0.25, 0.3) is 0 Å². The van der Waals surface area contributed by atoms with E-state index in [-0.39, 0.29) is 24.9 Å². The number of aryl methyl sites for hydroxylation is 1. The Labute approximate surface area is 189 Å². The monoisotopic (exact) mass is 444 g/mol. The smallest absolute Gasteiger partial charge is 0.217 e. The molecule has 0 radical (unpaired) electrons. The van der Waals surface area contributed by atoms with Crippen LogP contribution in [0.5, 0.6) is 0 Å². The molecule has 0 bridgehead atoms. The molecule has 6 heteroatoms. The summed E-state index contributed by atoms with van der Waals surface area (Å²) in [4.78, 5) is 11.7. The molecule has 0 heterocycles. The maximum Gasteiger partial charge on any atom is 0.217 e. The van der Waals surface area contributed by atoms with Gasteiger partial charge in [0.15, 0.2) is 0 Å². The summed E-state index contributed by atoms with van der Waals surface area (Å²) in [6.07, 6.45) is 3.35. The fraction of sp³-hybridized carbons (Fsp3) is 0.500. The van der Waals surface area contributed by atoms with Gasteiger partial charge in [-0.25, -0.2) is 8.78 Å². The highest BCUT2D eigenvalue weighted by molar-refractivity contribution is 5.73. The first-order valence-corrected chi connectivity index (χ1v) is 11.5. The Bertz CT molecular complexity index is 912. The Morgan fingerprint density at radius 1 is 1.09 bits per heavy atom. The molecule has 3 rings (SSSR count). The van der Waals surface area contributed by atoms with E-state index in [1.54, 1.807) is 0 Å². The number of amides is 1. The van der Waals surface area contributed by atoms with Crippen LogP contribution in [0, 0.1) is 17.6 Å². The summed E-state index contributed by atoms with van der Waals surface area (Å²) in [6.45, 7) is 6.05. The number of carbonyl (C=O) groups excluding carboxylic acids is 1. The van der Waals surface area contributed by atoms with Gasteiger partial charge in [0.1, 0.15) is 11.6 Å². The molecular weight excluding hydrogens is 410 g/mol. The molecule has 0 saturated heterocycles. The zero-order valence-corrected chi connectivity index (χ0v) is 19.1. The first kappa shape index (κ1) is 24.3. The van der Waals surface area contributed by atoms with Crippen molar-refractivity contribution in [3.05, 3.63) is 70.3 Å². The molecule has 174 valence electrons. The van der Waals surface area contributed by atoms with Crippen LogP contribution in [0.3, 0.4) is 0 Å². The number of hydrogen-bond acceptors (Lipinski definition) is 3. The molecule has 32 heavy (non-hydrogen) atoms. The van der Waals surface area contributed by atoms with Gasteiger partial charge < -0.3 is 15.7 Å². The molecule has 0 unspecified atom stereocenters. The highest BCUT2D eigenvalue weighted by atomic mass is 19.1. The highest BCUT2D eigenvalue weighted by Gasteiger charge is 2.25. The Balaban J connectivity index is 1.69. The van der Waals surface area contributed by atoms with E-state index in [0.717, 1.165) is 31.7 Å². The van der Waals surface area contributed by atoms with Crippen molar-refractivity contribution in [1.82, 2.24) is 10.6 Å². The van der Waals surface area contributed by atoms with Crippen molar-refractivity contribution in [2.75, 3.05) is 6.54 Å². The zero-order valence-electron chi connectivity index (χ0n) is 19.1. The van der Waals surface area contributed by atoms with Crippen molar-refractivity contribution in [3.8, 4) is 0 Å². The Morgan fingerprint density at radius 2 is 1.81 bits per heavy atom. The predicted molar refractivity (Wildman–Crippen MR) is 122 cm³/mol. The lowest BCUT2D eigenvalue weighted by Gasteiger charge is -2.30. The quantitative estimate of drug-likeness (QED) is 0.542. The first-order valence-electron chi connectivity index (χ1n) is 11.5. The normalized spacial score (nSPS) is 17.7. The predicted octanol–water partition coefficient (Wildman–Crippen LogP) is 4.24. The third kappa shape index (κ3) is 6.84. The van der Waals surface area contributed by atoms with Crippen molar-refractivity contribution in [2.24, 2.45) is 5.92 Å². The number of benzene rings is 2. The minimum absolute atomic E-state index is 0.130. The van der Waals surface area contributed by atoms with Gasteiger partial charge >= 0.3 is 0 Å². The number of hydrogen-bond donors (Lipinski definition) is 3. The van der Waals surface area contributed by atoms with E-state index in [1.807, 2.05) is 0 Å². The van der Waals surface area contributed by atoms with Gasteiger partial charge in [0.05, 0.1) is 12.1 Å². The molecule has 2 aromatic carbocycles. The molecule has 4 nitrogen and oxygen atoms in total. The van der Waals surface area contributed by atoms with Crippen LogP contribution in [0.1, 0.15) is 61.9 Å². The van der Waals surface area contributed by atoms with Gasteiger partial charge in [-0.2, -0.15) is 0 Å². The molecule has 2 aromatic rings. The molecule has 0 aliphatic heterocycles. The molecule has 3 atom stereocenters. The van der Waals surface area contributed by atoms with Crippen LogP contribution in [0.4, 0.5) is 8.78 Å². The molecule has 0 spiro atoms. The fourth-order valence-electron chi connectivity index (χ4n) is 4.59. The SMILES string of the molecule is CC(=O)N[C@@H](Cc1cc(F)cc(F)c1)[C@H](O)CN[C@H]1CCCc2ccc(CC(C)C)cc21. The molecule has 0 saturated carbocycles. The Hall–Kier alpha value is -2.31. The van der Waals surface area contributed by atoms with E-state index in [4.69, 9.17) is 0 Å². The van der Waals surface area contributed by atoms with E-state index in [1.165, 1.54) is 35.7 Å². The lowest BCUT2D eigenvalue weighted by Crippen LogP contribution is -2.48. The second-order valence-electron chi connectivity index (χ2n) is 9.34. The average molecular weight is 445 g/mol. The summed E-state index contributed by atoms with van der Waals surface area (Å²) >= 11 is 0. The average Bonchev–Trinajstić information content (AvgIpc) is 2.70. The summed E-state index contributed by atoms with van der Waals surface area (Å²) in [5, 5.41) is 17.0. The van der Waals surface area contributed by atoms with Crippen molar-refractivity contribution in [2.45, 2.75) is 71.1 Å². The summed E-state index contributed by atoms with van der Waals surface area (Å²) in [6, 6.07) is 9.44. The molecule has 3 N–H and O–H groups in total. The standard InChI is InChI=1S/C26H34F2N2O2/c1-16(2)9-18-7-8-20-5-4-6-24(23(20)12-18)29-15-26(32)25(30-17(3)31)13-19-10-21(27)14-22(28)11-19/h7-8,10-12,14,16,24-26,29,32H,4-6,9,13,15H2,1-3H3,(H,30,31)/t24-,25-,26+/m0/s1. The molecule has 1 amide bonds. The second kappa shape index (κ2) is 11.0. The van der Waals surface area contributed by atoms with Crippen molar-refractivity contribution in [1.29, 1.82) is 0 Å². The lowest BCUT2D eigenvalue weighted by molar-refractivity contribution is -0.120. The topological polar surface area (TPSA) is 61.4 Å². The number of nitrogens with one attached hydrogen (secondary N) is 2. The number of fused-ring (bicyclic) bond motifs is 1. The third-order valence-corrected chi connectivity index (χ3v) is 5.97. The molecule has 0 fully saturated rings. The molecular formula is C26H34F2N2O2. The van der Waals surface area contributed by atoms with E-state index in [0.29, 0.717) is 11.5 Å². The van der Waals surface area contributed by atoms with Gasteiger partial charge in [0.2, 0.25) is 5.91 Å². The molecule has 1 aliphatic carbocycles. The number of rotatable bonds is 9. The van der Waals surface area contributed by atoms with E-state index in [9.17, 15) is 18.7 Å². The Morgan fingerprint density at radius 3 is 2.47 bits per heavy atom. The van der Waals surface area contributed by atoms with Crippen molar-refractivity contribution < 1.29 is 18.7 Å². The summed E-state index contributed by atoms with van der Waals surface area (Å²) < 4.78 is 27.2.